The van der Waals surface area contributed by atoms with Crippen LogP contribution in [0.15, 0.2) is 15.4 Å². The standard InChI is InChI=1S/C14H21N3O3/c1-10-7-13(18)17(20-10)14(19)9-16(12-4-5-12)8-11-3-2-6-15-11/h7,11-12,15H,2-6,8-9H2,1H3. The molecule has 110 valence electrons. The van der Waals surface area contributed by atoms with Gasteiger partial charge in [0.15, 0.2) is 0 Å². The molecule has 0 spiro atoms. The Hall–Kier alpha value is -1.40. The van der Waals surface area contributed by atoms with Gasteiger partial charge in [-0.3, -0.25) is 14.5 Å². The molecule has 2 aliphatic rings. The summed E-state index contributed by atoms with van der Waals surface area (Å²) in [6.45, 7) is 3.88. The molecule has 1 unspecified atom stereocenters. The number of hydrogen-bond acceptors (Lipinski definition) is 5. The molecule has 2 fully saturated rings. The lowest BCUT2D eigenvalue weighted by atomic mass is 10.2. The molecule has 0 bridgehead atoms. The van der Waals surface area contributed by atoms with Crippen molar-refractivity contribution in [2.24, 2.45) is 0 Å². The molecule has 20 heavy (non-hydrogen) atoms. The van der Waals surface area contributed by atoms with E-state index >= 15 is 0 Å². The van der Waals surface area contributed by atoms with Crippen molar-refractivity contribution in [2.75, 3.05) is 19.6 Å². The van der Waals surface area contributed by atoms with Gasteiger partial charge in [0.1, 0.15) is 5.76 Å². The largest absolute Gasteiger partial charge is 0.373 e. The molecular formula is C14H21N3O3. The van der Waals surface area contributed by atoms with E-state index in [0.717, 1.165) is 37.1 Å². The number of aromatic nitrogens is 1. The lowest BCUT2D eigenvalue weighted by Gasteiger charge is -2.24. The third-order valence-electron chi connectivity index (χ3n) is 4.01. The summed E-state index contributed by atoms with van der Waals surface area (Å²) in [5.41, 5.74) is -0.373. The van der Waals surface area contributed by atoms with Crippen molar-refractivity contribution < 1.29 is 9.32 Å². The second-order valence-corrected chi connectivity index (χ2v) is 5.83. The maximum atomic E-state index is 12.2. The van der Waals surface area contributed by atoms with Crippen LogP contribution >= 0.6 is 0 Å². The van der Waals surface area contributed by atoms with E-state index < -0.39 is 0 Å². The first kappa shape index (κ1) is 13.6. The number of hydrogen-bond donors (Lipinski definition) is 1. The molecule has 1 aliphatic heterocycles. The van der Waals surface area contributed by atoms with Crippen molar-refractivity contribution in [1.82, 2.24) is 15.0 Å². The molecule has 1 saturated heterocycles. The number of aryl methyl sites for hydroxylation is 1. The number of nitrogens with one attached hydrogen (secondary N) is 1. The highest BCUT2D eigenvalue weighted by Crippen LogP contribution is 2.27. The maximum Gasteiger partial charge on any atom is 0.290 e. The van der Waals surface area contributed by atoms with Gasteiger partial charge in [0.25, 0.3) is 11.5 Å². The monoisotopic (exact) mass is 279 g/mol. The van der Waals surface area contributed by atoms with E-state index in [1.807, 2.05) is 0 Å². The van der Waals surface area contributed by atoms with Crippen LogP contribution < -0.4 is 10.9 Å². The molecule has 1 N–H and O–H groups in total. The summed E-state index contributed by atoms with van der Waals surface area (Å²) in [4.78, 5) is 26.0. The van der Waals surface area contributed by atoms with Gasteiger partial charge >= 0.3 is 0 Å². The summed E-state index contributed by atoms with van der Waals surface area (Å²) in [6.07, 6.45) is 4.66. The smallest absolute Gasteiger partial charge is 0.290 e. The van der Waals surface area contributed by atoms with E-state index in [4.69, 9.17) is 4.52 Å². The molecule has 2 heterocycles. The average molecular weight is 279 g/mol. The number of rotatable bonds is 5. The van der Waals surface area contributed by atoms with Crippen LogP contribution in [0.1, 0.15) is 36.2 Å². The Kier molecular flexibility index (Phi) is 3.76. The van der Waals surface area contributed by atoms with Crippen LogP contribution in [0.2, 0.25) is 0 Å². The molecule has 1 atom stereocenters. The van der Waals surface area contributed by atoms with Gasteiger partial charge in [0.05, 0.1) is 6.54 Å². The summed E-state index contributed by atoms with van der Waals surface area (Å²) >= 11 is 0. The quantitative estimate of drug-likeness (QED) is 0.855. The van der Waals surface area contributed by atoms with Crippen molar-refractivity contribution in [3.05, 3.63) is 22.2 Å². The zero-order valence-corrected chi connectivity index (χ0v) is 11.8. The van der Waals surface area contributed by atoms with E-state index in [1.54, 1.807) is 6.92 Å². The summed E-state index contributed by atoms with van der Waals surface area (Å²) in [6, 6.07) is 2.31. The topological polar surface area (TPSA) is 67.5 Å². The van der Waals surface area contributed by atoms with Gasteiger partial charge in [-0.15, -0.1) is 4.74 Å². The molecule has 6 heteroatoms. The molecule has 0 amide bonds. The van der Waals surface area contributed by atoms with Crippen molar-refractivity contribution in [1.29, 1.82) is 0 Å². The van der Waals surface area contributed by atoms with Gasteiger partial charge in [0.2, 0.25) is 0 Å². The predicted octanol–water partition coefficient (Wildman–Crippen LogP) is 0.606. The van der Waals surface area contributed by atoms with E-state index in [0.29, 0.717) is 17.8 Å². The normalized spacial score (nSPS) is 22.6. The van der Waals surface area contributed by atoms with Gasteiger partial charge in [0, 0.05) is 24.7 Å². The second kappa shape index (κ2) is 5.54. The van der Waals surface area contributed by atoms with Gasteiger partial charge < -0.3 is 9.84 Å². The molecule has 1 aromatic rings. The molecular weight excluding hydrogens is 258 g/mol. The van der Waals surface area contributed by atoms with Crippen LogP contribution in [0.25, 0.3) is 0 Å². The first-order chi connectivity index (χ1) is 9.63. The summed E-state index contributed by atoms with van der Waals surface area (Å²) < 4.78 is 6.04. The second-order valence-electron chi connectivity index (χ2n) is 5.83. The highest BCUT2D eigenvalue weighted by atomic mass is 16.5. The van der Waals surface area contributed by atoms with Crippen molar-refractivity contribution in [2.45, 2.75) is 44.7 Å². The van der Waals surface area contributed by atoms with Gasteiger partial charge in [-0.05, 0) is 39.2 Å². The summed E-state index contributed by atoms with van der Waals surface area (Å²) in [5, 5.41) is 3.45. The van der Waals surface area contributed by atoms with Crippen LogP contribution in [0.4, 0.5) is 0 Å². The molecule has 1 saturated carbocycles. The van der Waals surface area contributed by atoms with Crippen LogP contribution in [0.3, 0.4) is 0 Å². The number of carbonyl (C=O) groups is 1. The lowest BCUT2D eigenvalue weighted by molar-refractivity contribution is 0.0702. The summed E-state index contributed by atoms with van der Waals surface area (Å²) in [5.74, 6) is 0.201. The number of nitrogens with zero attached hydrogens (tertiary/aromatic N) is 2. The number of carbonyl (C=O) groups excluding carboxylic acids is 1. The van der Waals surface area contributed by atoms with E-state index in [2.05, 4.69) is 10.2 Å². The van der Waals surface area contributed by atoms with Crippen LogP contribution in [-0.2, 0) is 0 Å². The lowest BCUT2D eigenvalue weighted by Crippen LogP contribution is -2.43. The highest BCUT2D eigenvalue weighted by molar-refractivity contribution is 5.79. The minimum absolute atomic E-state index is 0.260. The Morgan fingerprint density at radius 1 is 1.50 bits per heavy atom. The minimum atomic E-state index is -0.373. The van der Waals surface area contributed by atoms with Crippen LogP contribution in [-0.4, -0.2) is 47.3 Å². The maximum absolute atomic E-state index is 12.2. The Labute approximate surface area is 117 Å². The van der Waals surface area contributed by atoms with Gasteiger partial charge in [-0.2, -0.15) is 0 Å². The average Bonchev–Trinajstić information content (AvgIpc) is 3.02. The Morgan fingerprint density at radius 2 is 2.30 bits per heavy atom. The fourth-order valence-corrected chi connectivity index (χ4v) is 2.84. The highest BCUT2D eigenvalue weighted by Gasteiger charge is 2.33. The molecule has 0 radical (unpaired) electrons. The fraction of sp³-hybridized carbons (Fsp3) is 0.714. The van der Waals surface area contributed by atoms with E-state index in [-0.39, 0.29) is 18.0 Å². The Bertz CT molecular complexity index is 538. The SMILES string of the molecule is Cc1cc(=O)n(C(=O)CN(CC2CCCN2)C2CC2)o1. The minimum Gasteiger partial charge on any atom is -0.373 e. The van der Waals surface area contributed by atoms with Crippen molar-refractivity contribution >= 4 is 5.91 Å². The third kappa shape index (κ3) is 3.02. The molecule has 1 aliphatic carbocycles. The molecule has 3 rings (SSSR count). The molecule has 6 nitrogen and oxygen atoms in total. The van der Waals surface area contributed by atoms with Crippen molar-refractivity contribution in [3.8, 4) is 0 Å². The Morgan fingerprint density at radius 3 is 2.85 bits per heavy atom. The van der Waals surface area contributed by atoms with E-state index in [9.17, 15) is 9.59 Å². The van der Waals surface area contributed by atoms with Crippen molar-refractivity contribution in [3.63, 3.8) is 0 Å². The fourth-order valence-electron chi connectivity index (χ4n) is 2.84. The predicted molar refractivity (Wildman–Crippen MR) is 74.0 cm³/mol. The summed E-state index contributed by atoms with van der Waals surface area (Å²) in [7, 11) is 0. The first-order valence-electron chi connectivity index (χ1n) is 7.34. The zero-order valence-electron chi connectivity index (χ0n) is 11.8. The molecule has 0 aromatic carbocycles. The van der Waals surface area contributed by atoms with Gasteiger partial charge in [-0.25, -0.2) is 0 Å². The Balaban J connectivity index is 1.65. The van der Waals surface area contributed by atoms with E-state index in [1.165, 1.54) is 12.5 Å². The first-order valence-corrected chi connectivity index (χ1v) is 7.34. The van der Waals surface area contributed by atoms with Gasteiger partial charge in [-0.1, -0.05) is 0 Å². The van der Waals surface area contributed by atoms with Crippen LogP contribution in [0.5, 0.6) is 0 Å². The zero-order chi connectivity index (χ0) is 14.1. The molecule has 1 aromatic heterocycles. The van der Waals surface area contributed by atoms with Crippen LogP contribution in [0, 0.1) is 6.92 Å². The third-order valence-corrected chi connectivity index (χ3v) is 4.01.